The average molecular weight is 412 g/mol. The lowest BCUT2D eigenvalue weighted by Gasteiger charge is -2.35. The first-order valence-electron chi connectivity index (χ1n) is 10.4. The van der Waals surface area contributed by atoms with Crippen LogP contribution in [-0.2, 0) is 16.0 Å². The van der Waals surface area contributed by atoms with Gasteiger partial charge in [0.05, 0.1) is 13.0 Å². The SMILES string of the molecule is O=C1CN(CCNC(=O)N2CCN(C(=O)Cc3c[nH]c4ccccc34)CC2)CCN1. The van der Waals surface area contributed by atoms with Crippen molar-refractivity contribution in [2.75, 3.05) is 58.9 Å². The summed E-state index contributed by atoms with van der Waals surface area (Å²) in [5, 5.41) is 6.79. The van der Waals surface area contributed by atoms with E-state index in [1.165, 1.54) is 0 Å². The minimum atomic E-state index is -0.111. The zero-order valence-electron chi connectivity index (χ0n) is 17.0. The summed E-state index contributed by atoms with van der Waals surface area (Å²) in [6.45, 7) is 5.14. The monoisotopic (exact) mass is 412 g/mol. The van der Waals surface area contributed by atoms with Gasteiger partial charge in [0.2, 0.25) is 11.8 Å². The Labute approximate surface area is 175 Å². The average Bonchev–Trinajstić information content (AvgIpc) is 3.17. The van der Waals surface area contributed by atoms with Crippen LogP contribution in [0.25, 0.3) is 10.9 Å². The number of nitrogens with one attached hydrogen (secondary N) is 3. The highest BCUT2D eigenvalue weighted by Crippen LogP contribution is 2.19. The van der Waals surface area contributed by atoms with Crippen LogP contribution in [0.3, 0.4) is 0 Å². The molecule has 9 heteroatoms. The minimum Gasteiger partial charge on any atom is -0.361 e. The number of nitrogens with zero attached hydrogens (tertiary/aromatic N) is 3. The van der Waals surface area contributed by atoms with Crippen LogP contribution in [0.4, 0.5) is 4.79 Å². The summed E-state index contributed by atoms with van der Waals surface area (Å²) < 4.78 is 0. The number of carbonyl (C=O) groups excluding carboxylic acids is 3. The van der Waals surface area contributed by atoms with E-state index >= 15 is 0 Å². The fraction of sp³-hybridized carbons (Fsp3) is 0.476. The first kappa shape index (κ1) is 20.2. The number of fused-ring (bicyclic) bond motifs is 1. The molecular weight excluding hydrogens is 384 g/mol. The molecule has 3 heterocycles. The number of rotatable bonds is 5. The molecule has 4 rings (SSSR count). The molecule has 0 spiro atoms. The second-order valence-corrected chi connectivity index (χ2v) is 7.76. The van der Waals surface area contributed by atoms with Crippen molar-refractivity contribution in [2.24, 2.45) is 0 Å². The summed E-state index contributed by atoms with van der Waals surface area (Å²) >= 11 is 0. The van der Waals surface area contributed by atoms with Crippen molar-refractivity contribution in [3.63, 3.8) is 0 Å². The van der Waals surface area contributed by atoms with Gasteiger partial charge in [-0.15, -0.1) is 0 Å². The van der Waals surface area contributed by atoms with Crippen LogP contribution >= 0.6 is 0 Å². The number of aromatic amines is 1. The molecule has 9 nitrogen and oxygen atoms in total. The zero-order valence-corrected chi connectivity index (χ0v) is 17.0. The number of hydrogen-bond acceptors (Lipinski definition) is 4. The minimum absolute atomic E-state index is 0.0287. The second-order valence-electron chi connectivity index (χ2n) is 7.76. The van der Waals surface area contributed by atoms with Crippen LogP contribution in [-0.4, -0.2) is 96.4 Å². The van der Waals surface area contributed by atoms with Gasteiger partial charge in [-0.05, 0) is 11.6 Å². The molecule has 2 aliphatic heterocycles. The maximum absolute atomic E-state index is 12.7. The van der Waals surface area contributed by atoms with Crippen LogP contribution in [0, 0.1) is 0 Å². The molecule has 0 atom stereocenters. The molecule has 4 amide bonds. The first-order chi connectivity index (χ1) is 14.6. The molecule has 2 saturated heterocycles. The predicted molar refractivity (Wildman–Crippen MR) is 113 cm³/mol. The Bertz CT molecular complexity index is 918. The molecule has 0 aliphatic carbocycles. The van der Waals surface area contributed by atoms with Gasteiger partial charge in [0.15, 0.2) is 0 Å². The van der Waals surface area contributed by atoms with E-state index in [0.29, 0.717) is 58.8 Å². The zero-order chi connectivity index (χ0) is 20.9. The van der Waals surface area contributed by atoms with Gasteiger partial charge in [0, 0.05) is 69.5 Å². The molecule has 2 aromatic rings. The van der Waals surface area contributed by atoms with Crippen molar-refractivity contribution in [3.8, 4) is 0 Å². The van der Waals surface area contributed by atoms with Crippen molar-refractivity contribution in [3.05, 3.63) is 36.0 Å². The summed E-state index contributed by atoms with van der Waals surface area (Å²) in [5.41, 5.74) is 2.04. The summed E-state index contributed by atoms with van der Waals surface area (Å²) in [6.07, 6.45) is 2.26. The van der Waals surface area contributed by atoms with E-state index in [9.17, 15) is 14.4 Å². The number of urea groups is 1. The summed E-state index contributed by atoms with van der Waals surface area (Å²) in [5.74, 6) is 0.115. The van der Waals surface area contributed by atoms with Crippen LogP contribution in [0.2, 0.25) is 0 Å². The van der Waals surface area contributed by atoms with Gasteiger partial charge >= 0.3 is 6.03 Å². The standard InChI is InChI=1S/C21H28N6O3/c28-19-15-25(7-5-22-19)8-6-23-21(30)27-11-9-26(10-12-27)20(29)13-16-14-24-18-4-2-1-3-17(16)18/h1-4,14,24H,5-13,15H2,(H,22,28)(H,23,30). The van der Waals surface area contributed by atoms with Gasteiger partial charge in [-0.2, -0.15) is 0 Å². The quantitative estimate of drug-likeness (QED) is 0.643. The number of para-hydroxylation sites is 1. The van der Waals surface area contributed by atoms with Crippen LogP contribution < -0.4 is 10.6 Å². The second kappa shape index (κ2) is 9.17. The number of H-pyrrole nitrogens is 1. The summed E-state index contributed by atoms with van der Waals surface area (Å²) in [6, 6.07) is 7.85. The topological polar surface area (TPSA) is 101 Å². The molecule has 1 aromatic heterocycles. The fourth-order valence-corrected chi connectivity index (χ4v) is 4.03. The largest absolute Gasteiger partial charge is 0.361 e. The van der Waals surface area contributed by atoms with E-state index in [-0.39, 0.29) is 17.8 Å². The Morgan fingerprint density at radius 3 is 2.60 bits per heavy atom. The van der Waals surface area contributed by atoms with Crippen LogP contribution in [0.5, 0.6) is 0 Å². The van der Waals surface area contributed by atoms with Crippen molar-refractivity contribution in [1.29, 1.82) is 0 Å². The highest BCUT2D eigenvalue weighted by atomic mass is 16.2. The van der Waals surface area contributed by atoms with E-state index in [0.717, 1.165) is 23.0 Å². The molecule has 30 heavy (non-hydrogen) atoms. The van der Waals surface area contributed by atoms with Gasteiger partial charge in [-0.25, -0.2) is 4.79 Å². The van der Waals surface area contributed by atoms with Crippen molar-refractivity contribution >= 4 is 28.7 Å². The number of aromatic nitrogens is 1. The Morgan fingerprint density at radius 1 is 1.03 bits per heavy atom. The lowest BCUT2D eigenvalue weighted by atomic mass is 10.1. The Hall–Kier alpha value is -3.07. The van der Waals surface area contributed by atoms with E-state index < -0.39 is 0 Å². The number of hydrogen-bond donors (Lipinski definition) is 3. The fourth-order valence-electron chi connectivity index (χ4n) is 4.03. The number of carbonyl (C=O) groups is 3. The Morgan fingerprint density at radius 2 is 1.80 bits per heavy atom. The molecule has 1 aromatic carbocycles. The van der Waals surface area contributed by atoms with E-state index in [4.69, 9.17) is 0 Å². The molecular formula is C21H28N6O3. The molecule has 0 unspecified atom stereocenters. The van der Waals surface area contributed by atoms with Crippen molar-refractivity contribution in [1.82, 2.24) is 30.3 Å². The maximum atomic E-state index is 12.7. The molecule has 160 valence electrons. The van der Waals surface area contributed by atoms with Crippen LogP contribution in [0.1, 0.15) is 5.56 Å². The normalized spacial score (nSPS) is 17.8. The van der Waals surface area contributed by atoms with E-state index in [1.807, 2.05) is 40.3 Å². The summed E-state index contributed by atoms with van der Waals surface area (Å²) in [4.78, 5) is 45.3. The molecule has 3 N–H and O–H groups in total. The molecule has 0 bridgehead atoms. The number of amides is 4. The Kier molecular flexibility index (Phi) is 6.18. The third-order valence-electron chi connectivity index (χ3n) is 5.76. The highest BCUT2D eigenvalue weighted by molar-refractivity contribution is 5.89. The first-order valence-corrected chi connectivity index (χ1v) is 10.4. The van der Waals surface area contributed by atoms with Gasteiger partial charge in [-0.1, -0.05) is 18.2 Å². The number of piperazine rings is 2. The van der Waals surface area contributed by atoms with Gasteiger partial charge < -0.3 is 25.4 Å². The van der Waals surface area contributed by atoms with E-state index in [1.54, 1.807) is 4.90 Å². The van der Waals surface area contributed by atoms with Crippen molar-refractivity contribution < 1.29 is 14.4 Å². The van der Waals surface area contributed by atoms with Gasteiger partial charge in [0.25, 0.3) is 0 Å². The lowest BCUT2D eigenvalue weighted by molar-refractivity contribution is -0.131. The maximum Gasteiger partial charge on any atom is 0.317 e. The lowest BCUT2D eigenvalue weighted by Crippen LogP contribution is -2.54. The third kappa shape index (κ3) is 4.73. The third-order valence-corrected chi connectivity index (χ3v) is 5.76. The van der Waals surface area contributed by atoms with E-state index in [2.05, 4.69) is 15.6 Å². The highest BCUT2D eigenvalue weighted by Gasteiger charge is 2.25. The number of benzene rings is 1. The van der Waals surface area contributed by atoms with Crippen molar-refractivity contribution in [2.45, 2.75) is 6.42 Å². The van der Waals surface area contributed by atoms with Crippen LogP contribution in [0.15, 0.2) is 30.5 Å². The van der Waals surface area contributed by atoms with Gasteiger partial charge in [0.1, 0.15) is 0 Å². The molecule has 0 radical (unpaired) electrons. The summed E-state index contributed by atoms with van der Waals surface area (Å²) in [7, 11) is 0. The molecule has 2 aliphatic rings. The Balaban J connectivity index is 1.20. The predicted octanol–water partition coefficient (Wildman–Crippen LogP) is -0.00400. The molecule has 0 saturated carbocycles. The molecule has 2 fully saturated rings. The smallest absolute Gasteiger partial charge is 0.317 e. The van der Waals surface area contributed by atoms with Gasteiger partial charge in [-0.3, -0.25) is 14.5 Å².